The molecular formula is C22H28N2O5. The van der Waals surface area contributed by atoms with Gasteiger partial charge in [-0.15, -0.1) is 0 Å². The minimum atomic E-state index is -0.637. The van der Waals surface area contributed by atoms with Crippen LogP contribution in [0.3, 0.4) is 0 Å². The van der Waals surface area contributed by atoms with Crippen LogP contribution in [-0.2, 0) is 0 Å². The van der Waals surface area contributed by atoms with Gasteiger partial charge in [0.25, 0.3) is 5.91 Å². The molecule has 1 saturated heterocycles. The number of benzene rings is 1. The zero-order valence-electron chi connectivity index (χ0n) is 16.9. The molecule has 1 aromatic heterocycles. The molecule has 0 radical (unpaired) electrons. The van der Waals surface area contributed by atoms with Gasteiger partial charge in [-0.2, -0.15) is 0 Å². The number of furan rings is 1. The number of aliphatic hydroxyl groups excluding tert-OH is 1. The Balaban J connectivity index is 1.45. The fourth-order valence-corrected chi connectivity index (χ4v) is 3.33. The van der Waals surface area contributed by atoms with E-state index in [9.17, 15) is 9.90 Å². The van der Waals surface area contributed by atoms with Crippen LogP contribution in [-0.4, -0.2) is 73.4 Å². The molecule has 1 N–H and O–H groups in total. The van der Waals surface area contributed by atoms with Crippen LogP contribution in [0.1, 0.15) is 23.0 Å². The average molecular weight is 400 g/mol. The lowest BCUT2D eigenvalue weighted by molar-refractivity contribution is 0.0386. The number of piperazine rings is 1. The predicted molar refractivity (Wildman–Crippen MR) is 110 cm³/mol. The smallest absolute Gasteiger partial charge is 0.289 e. The van der Waals surface area contributed by atoms with E-state index in [4.69, 9.17) is 13.9 Å². The molecule has 1 aliphatic rings. The molecule has 7 nitrogen and oxygen atoms in total. The van der Waals surface area contributed by atoms with Crippen LogP contribution < -0.4 is 9.47 Å². The fourth-order valence-electron chi connectivity index (χ4n) is 3.33. The monoisotopic (exact) mass is 400 g/mol. The maximum atomic E-state index is 12.3. The average Bonchev–Trinajstić information content (AvgIpc) is 3.28. The maximum Gasteiger partial charge on any atom is 0.289 e. The molecule has 1 unspecified atom stereocenters. The van der Waals surface area contributed by atoms with Crippen molar-refractivity contribution in [3.63, 3.8) is 0 Å². The molecule has 1 aliphatic heterocycles. The first-order chi connectivity index (χ1) is 14.1. The van der Waals surface area contributed by atoms with Crippen LogP contribution in [0.4, 0.5) is 0 Å². The second-order valence-corrected chi connectivity index (χ2v) is 6.95. The van der Waals surface area contributed by atoms with Gasteiger partial charge in [0, 0.05) is 32.7 Å². The first kappa shape index (κ1) is 21.0. The Kier molecular flexibility index (Phi) is 7.32. The van der Waals surface area contributed by atoms with E-state index in [2.05, 4.69) is 4.90 Å². The zero-order chi connectivity index (χ0) is 20.6. The molecule has 3 rings (SSSR count). The zero-order valence-corrected chi connectivity index (χ0v) is 16.9. The number of aliphatic hydroxyl groups is 1. The van der Waals surface area contributed by atoms with E-state index in [0.717, 1.165) is 5.56 Å². The highest BCUT2D eigenvalue weighted by Crippen LogP contribution is 2.28. The van der Waals surface area contributed by atoms with Crippen molar-refractivity contribution in [1.29, 1.82) is 0 Å². The molecule has 1 aromatic carbocycles. The van der Waals surface area contributed by atoms with Gasteiger partial charge in [-0.05, 0) is 36.8 Å². The summed E-state index contributed by atoms with van der Waals surface area (Å²) in [5.74, 6) is 1.51. The molecule has 0 aliphatic carbocycles. The van der Waals surface area contributed by atoms with Gasteiger partial charge in [0.05, 0.1) is 13.4 Å². The molecule has 7 heteroatoms. The highest BCUT2D eigenvalue weighted by Gasteiger charge is 2.24. The first-order valence-electron chi connectivity index (χ1n) is 9.77. The van der Waals surface area contributed by atoms with E-state index >= 15 is 0 Å². The Labute approximate surface area is 171 Å². The second-order valence-electron chi connectivity index (χ2n) is 6.95. The molecule has 0 saturated carbocycles. The van der Waals surface area contributed by atoms with Crippen molar-refractivity contribution in [3.05, 3.63) is 54.0 Å². The topological polar surface area (TPSA) is 75.4 Å². The van der Waals surface area contributed by atoms with Crippen molar-refractivity contribution in [2.45, 2.75) is 13.0 Å². The van der Waals surface area contributed by atoms with Gasteiger partial charge < -0.3 is 23.9 Å². The lowest BCUT2D eigenvalue weighted by Gasteiger charge is -2.35. The maximum absolute atomic E-state index is 12.3. The third-order valence-electron chi connectivity index (χ3n) is 4.84. The van der Waals surface area contributed by atoms with Crippen molar-refractivity contribution in [2.24, 2.45) is 0 Å². The molecule has 0 bridgehead atoms. The van der Waals surface area contributed by atoms with Gasteiger partial charge in [0.15, 0.2) is 17.3 Å². The number of β-amino-alcohol motifs (C(OH)–C–C–N with tert-alkyl or cyclic N) is 1. The number of ether oxygens (including phenoxy) is 2. The summed E-state index contributed by atoms with van der Waals surface area (Å²) in [6.07, 6.45) is 4.81. The van der Waals surface area contributed by atoms with Crippen molar-refractivity contribution < 1.29 is 23.8 Å². The van der Waals surface area contributed by atoms with Crippen LogP contribution in [0.2, 0.25) is 0 Å². The van der Waals surface area contributed by atoms with Gasteiger partial charge >= 0.3 is 0 Å². The molecule has 2 aromatic rings. The van der Waals surface area contributed by atoms with Gasteiger partial charge in [0.1, 0.15) is 12.7 Å². The number of methoxy groups -OCH3 is 1. The minimum absolute atomic E-state index is 0.0907. The quantitative estimate of drug-likeness (QED) is 0.734. The summed E-state index contributed by atoms with van der Waals surface area (Å²) < 4.78 is 16.3. The van der Waals surface area contributed by atoms with Crippen LogP contribution in [0.5, 0.6) is 11.5 Å². The summed E-state index contributed by atoms with van der Waals surface area (Å²) in [7, 11) is 1.60. The third-order valence-corrected chi connectivity index (χ3v) is 4.84. The Morgan fingerprint density at radius 1 is 1.24 bits per heavy atom. The molecule has 1 fully saturated rings. The summed E-state index contributed by atoms with van der Waals surface area (Å²) in [5, 5.41) is 10.4. The van der Waals surface area contributed by atoms with E-state index < -0.39 is 6.10 Å². The summed E-state index contributed by atoms with van der Waals surface area (Å²) >= 11 is 0. The first-order valence-corrected chi connectivity index (χ1v) is 9.77. The Bertz CT molecular complexity index is 811. The third kappa shape index (κ3) is 5.62. The largest absolute Gasteiger partial charge is 0.493 e. The highest BCUT2D eigenvalue weighted by atomic mass is 16.5. The number of rotatable bonds is 8. The summed E-state index contributed by atoms with van der Waals surface area (Å²) in [6.45, 7) is 5.23. The Morgan fingerprint density at radius 2 is 2.03 bits per heavy atom. The molecule has 1 amide bonds. The molecule has 156 valence electrons. The van der Waals surface area contributed by atoms with Crippen molar-refractivity contribution >= 4 is 12.0 Å². The van der Waals surface area contributed by atoms with Crippen LogP contribution in [0.25, 0.3) is 6.08 Å². The summed E-state index contributed by atoms with van der Waals surface area (Å²) in [6, 6.07) is 9.08. The molecule has 0 spiro atoms. The van der Waals surface area contributed by atoms with Crippen molar-refractivity contribution in [2.75, 3.05) is 46.4 Å². The van der Waals surface area contributed by atoms with E-state index in [-0.39, 0.29) is 12.5 Å². The number of nitrogens with zero attached hydrogens (tertiary/aromatic N) is 2. The van der Waals surface area contributed by atoms with Crippen LogP contribution in [0.15, 0.2) is 47.1 Å². The number of amides is 1. The van der Waals surface area contributed by atoms with E-state index in [1.165, 1.54) is 6.26 Å². The number of hydrogen-bond donors (Lipinski definition) is 1. The van der Waals surface area contributed by atoms with Gasteiger partial charge in [-0.3, -0.25) is 9.69 Å². The van der Waals surface area contributed by atoms with Gasteiger partial charge in [-0.25, -0.2) is 0 Å². The molecular weight excluding hydrogens is 372 g/mol. The minimum Gasteiger partial charge on any atom is -0.493 e. The fraction of sp³-hybridized carbons (Fsp3) is 0.409. The van der Waals surface area contributed by atoms with Gasteiger partial charge in [-0.1, -0.05) is 18.2 Å². The number of allylic oxidation sites excluding steroid dienone is 1. The molecule has 1 atom stereocenters. The molecule has 29 heavy (non-hydrogen) atoms. The van der Waals surface area contributed by atoms with Crippen molar-refractivity contribution in [3.8, 4) is 11.5 Å². The van der Waals surface area contributed by atoms with Crippen molar-refractivity contribution in [1.82, 2.24) is 9.80 Å². The standard InChI is InChI=1S/C22H28N2O5/c1-3-5-17-7-8-19(21(14-17)27-2)29-16-18(25)15-23-9-11-24(12-10-23)22(26)20-6-4-13-28-20/h3-8,13-14,18,25H,9-12,15-16H2,1-2H3/b5-3+. The Hall–Kier alpha value is -2.77. The normalized spacial score (nSPS) is 16.2. The van der Waals surface area contributed by atoms with Crippen LogP contribution >= 0.6 is 0 Å². The molecule has 2 heterocycles. The summed E-state index contributed by atoms with van der Waals surface area (Å²) in [5.41, 5.74) is 1.03. The Morgan fingerprint density at radius 3 is 2.69 bits per heavy atom. The lowest BCUT2D eigenvalue weighted by Crippen LogP contribution is -2.50. The van der Waals surface area contributed by atoms with Crippen LogP contribution in [0, 0.1) is 0 Å². The van der Waals surface area contributed by atoms with E-state index in [1.54, 1.807) is 24.1 Å². The number of carbonyl (C=O) groups is 1. The SMILES string of the molecule is C/C=C/c1ccc(OCC(O)CN2CCN(C(=O)c3ccco3)CC2)c(OC)c1. The second kappa shape index (κ2) is 10.1. The number of hydrogen-bond acceptors (Lipinski definition) is 6. The number of carbonyl (C=O) groups excluding carboxylic acids is 1. The van der Waals surface area contributed by atoms with Gasteiger partial charge in [0.2, 0.25) is 0 Å². The van der Waals surface area contributed by atoms with E-state index in [0.29, 0.717) is 50.0 Å². The predicted octanol–water partition coefficient (Wildman–Crippen LogP) is 2.52. The highest BCUT2D eigenvalue weighted by molar-refractivity contribution is 5.91. The lowest BCUT2D eigenvalue weighted by atomic mass is 10.2. The van der Waals surface area contributed by atoms with E-state index in [1.807, 2.05) is 37.3 Å². The summed E-state index contributed by atoms with van der Waals surface area (Å²) in [4.78, 5) is 16.2.